The molecule has 1 aliphatic rings. The molecule has 0 saturated carbocycles. The maximum atomic E-state index is 10.2. The van der Waals surface area contributed by atoms with Crippen LogP contribution in [0.4, 0.5) is 5.69 Å². The summed E-state index contributed by atoms with van der Waals surface area (Å²) >= 11 is 1.97. The summed E-state index contributed by atoms with van der Waals surface area (Å²) in [5, 5.41) is 10.2. The van der Waals surface area contributed by atoms with Crippen LogP contribution in [-0.2, 0) is 0 Å². The Morgan fingerprint density at radius 3 is 2.60 bits per heavy atom. The Hall–Kier alpha value is -0.670. The van der Waals surface area contributed by atoms with Crippen molar-refractivity contribution < 1.29 is 5.11 Å². The maximum Gasteiger partial charge on any atom is 0.0838 e. The van der Waals surface area contributed by atoms with E-state index in [1.54, 1.807) is 0 Å². The minimum Gasteiger partial charge on any atom is -0.398 e. The number of hydrogen-bond donors (Lipinski definition) is 2. The number of aliphatic hydroxyl groups excluding tert-OH is 1. The molecule has 1 fully saturated rings. The van der Waals surface area contributed by atoms with Crippen LogP contribution in [-0.4, -0.2) is 16.6 Å². The molecule has 0 aliphatic carbocycles. The highest BCUT2D eigenvalue weighted by Gasteiger charge is 2.24. The predicted molar refractivity (Wildman–Crippen MR) is 65.9 cm³/mol. The molecule has 1 unspecified atom stereocenters. The molecule has 0 spiro atoms. The van der Waals surface area contributed by atoms with Gasteiger partial charge in [0.05, 0.1) is 6.10 Å². The summed E-state index contributed by atoms with van der Waals surface area (Å²) < 4.78 is 0. The van der Waals surface area contributed by atoms with Crippen LogP contribution in [0.25, 0.3) is 0 Å². The summed E-state index contributed by atoms with van der Waals surface area (Å²) in [5.41, 5.74) is 7.47. The molecule has 3 N–H and O–H groups in total. The number of nitrogens with two attached hydrogens (primary N) is 1. The molecule has 2 rings (SSSR count). The number of thioether (sulfide) groups is 1. The molecule has 0 radical (unpaired) electrons. The molecular weight excluding hydrogens is 206 g/mol. The summed E-state index contributed by atoms with van der Waals surface area (Å²) in [6.07, 6.45) is 1.81. The third-order valence-corrected chi connectivity index (χ3v) is 4.08. The fourth-order valence-corrected chi connectivity index (χ4v) is 3.21. The SMILES string of the molecule is Nc1ccccc1C(O)C1CCSCC1. The number of benzene rings is 1. The van der Waals surface area contributed by atoms with Crippen LogP contribution in [0, 0.1) is 5.92 Å². The number of hydrogen-bond acceptors (Lipinski definition) is 3. The van der Waals surface area contributed by atoms with E-state index in [4.69, 9.17) is 5.73 Å². The lowest BCUT2D eigenvalue weighted by atomic mass is 9.90. The zero-order valence-corrected chi connectivity index (χ0v) is 9.54. The van der Waals surface area contributed by atoms with Crippen molar-refractivity contribution in [3.63, 3.8) is 0 Å². The lowest BCUT2D eigenvalue weighted by molar-refractivity contribution is 0.104. The van der Waals surface area contributed by atoms with E-state index in [1.165, 1.54) is 0 Å². The number of nitrogen functional groups attached to an aromatic ring is 1. The third-order valence-electron chi connectivity index (χ3n) is 3.03. The van der Waals surface area contributed by atoms with E-state index < -0.39 is 0 Å². The molecule has 15 heavy (non-hydrogen) atoms. The average Bonchev–Trinajstić information content (AvgIpc) is 2.30. The van der Waals surface area contributed by atoms with Gasteiger partial charge in [0.1, 0.15) is 0 Å². The first kappa shape index (κ1) is 10.8. The normalized spacial score (nSPS) is 20.1. The Bertz CT molecular complexity index is 323. The van der Waals surface area contributed by atoms with Gasteiger partial charge in [0, 0.05) is 11.3 Å². The van der Waals surface area contributed by atoms with Gasteiger partial charge in [-0.15, -0.1) is 0 Å². The Balaban J connectivity index is 2.12. The topological polar surface area (TPSA) is 46.2 Å². The van der Waals surface area contributed by atoms with Crippen molar-refractivity contribution in [3.8, 4) is 0 Å². The maximum absolute atomic E-state index is 10.2. The first-order chi connectivity index (χ1) is 7.29. The van der Waals surface area contributed by atoms with Crippen molar-refractivity contribution >= 4 is 17.4 Å². The van der Waals surface area contributed by atoms with Crippen molar-refractivity contribution in [1.82, 2.24) is 0 Å². The minimum atomic E-state index is -0.382. The van der Waals surface area contributed by atoms with E-state index in [-0.39, 0.29) is 6.10 Å². The number of anilines is 1. The van der Waals surface area contributed by atoms with Gasteiger partial charge in [-0.1, -0.05) is 18.2 Å². The Morgan fingerprint density at radius 1 is 1.27 bits per heavy atom. The van der Waals surface area contributed by atoms with Gasteiger partial charge in [0.2, 0.25) is 0 Å². The fourth-order valence-electron chi connectivity index (χ4n) is 2.07. The standard InChI is InChI=1S/C12H17NOS/c13-11-4-2-1-3-10(11)12(14)9-5-7-15-8-6-9/h1-4,9,12,14H,5-8,13H2. The van der Waals surface area contributed by atoms with Crippen LogP contribution in [0.15, 0.2) is 24.3 Å². The second-order valence-corrected chi connectivity index (χ2v) is 5.25. The largest absolute Gasteiger partial charge is 0.398 e. The highest BCUT2D eigenvalue weighted by molar-refractivity contribution is 7.99. The third kappa shape index (κ3) is 2.47. The van der Waals surface area contributed by atoms with Crippen LogP contribution in [0.3, 0.4) is 0 Å². The highest BCUT2D eigenvalue weighted by atomic mass is 32.2. The van der Waals surface area contributed by atoms with Gasteiger partial charge in [-0.2, -0.15) is 11.8 Å². The summed E-state index contributed by atoms with van der Waals surface area (Å²) in [4.78, 5) is 0. The monoisotopic (exact) mass is 223 g/mol. The number of rotatable bonds is 2. The van der Waals surface area contributed by atoms with Crippen LogP contribution < -0.4 is 5.73 Å². The van der Waals surface area contributed by atoms with E-state index in [0.717, 1.165) is 29.9 Å². The fraction of sp³-hybridized carbons (Fsp3) is 0.500. The summed E-state index contributed by atoms with van der Waals surface area (Å²) in [7, 11) is 0. The van der Waals surface area contributed by atoms with Crippen LogP contribution in [0.1, 0.15) is 24.5 Å². The van der Waals surface area contributed by atoms with Gasteiger partial charge in [-0.3, -0.25) is 0 Å². The zero-order valence-electron chi connectivity index (χ0n) is 8.73. The van der Waals surface area contributed by atoms with E-state index in [1.807, 2.05) is 36.0 Å². The molecule has 3 heteroatoms. The summed E-state index contributed by atoms with van der Waals surface area (Å²) in [5.74, 6) is 2.71. The average molecular weight is 223 g/mol. The van der Waals surface area contributed by atoms with Crippen molar-refractivity contribution in [2.45, 2.75) is 18.9 Å². The molecule has 0 aromatic heterocycles. The quantitative estimate of drug-likeness (QED) is 0.757. The Labute approximate surface area is 94.9 Å². The molecule has 0 bridgehead atoms. The molecule has 1 aromatic carbocycles. The smallest absolute Gasteiger partial charge is 0.0838 e. The minimum absolute atomic E-state index is 0.382. The van der Waals surface area contributed by atoms with Crippen molar-refractivity contribution in [1.29, 1.82) is 0 Å². The molecule has 82 valence electrons. The Kier molecular flexibility index (Phi) is 3.54. The lowest BCUT2D eigenvalue weighted by Gasteiger charge is -2.27. The van der Waals surface area contributed by atoms with Crippen LogP contribution in [0.5, 0.6) is 0 Å². The van der Waals surface area contributed by atoms with Gasteiger partial charge in [0.25, 0.3) is 0 Å². The summed E-state index contributed by atoms with van der Waals surface area (Å²) in [6.45, 7) is 0. The molecule has 1 heterocycles. The molecule has 1 aliphatic heterocycles. The first-order valence-electron chi connectivity index (χ1n) is 5.39. The van der Waals surface area contributed by atoms with E-state index in [0.29, 0.717) is 11.6 Å². The van der Waals surface area contributed by atoms with Gasteiger partial charge in [-0.25, -0.2) is 0 Å². The lowest BCUT2D eigenvalue weighted by Crippen LogP contribution is -2.19. The van der Waals surface area contributed by atoms with Crippen LogP contribution in [0.2, 0.25) is 0 Å². The highest BCUT2D eigenvalue weighted by Crippen LogP contribution is 2.35. The molecule has 1 aromatic rings. The second kappa shape index (κ2) is 4.90. The van der Waals surface area contributed by atoms with Crippen molar-refractivity contribution in [2.75, 3.05) is 17.2 Å². The number of para-hydroxylation sites is 1. The van der Waals surface area contributed by atoms with Gasteiger partial charge < -0.3 is 10.8 Å². The van der Waals surface area contributed by atoms with Crippen molar-refractivity contribution in [2.24, 2.45) is 5.92 Å². The predicted octanol–water partition coefficient (Wildman–Crippen LogP) is 2.45. The van der Waals surface area contributed by atoms with Gasteiger partial charge in [-0.05, 0) is 36.3 Å². The van der Waals surface area contributed by atoms with E-state index in [2.05, 4.69) is 0 Å². The molecule has 2 nitrogen and oxygen atoms in total. The Morgan fingerprint density at radius 2 is 1.93 bits per heavy atom. The summed E-state index contributed by atoms with van der Waals surface area (Å²) in [6, 6.07) is 7.63. The van der Waals surface area contributed by atoms with E-state index in [9.17, 15) is 5.11 Å². The van der Waals surface area contributed by atoms with E-state index >= 15 is 0 Å². The first-order valence-corrected chi connectivity index (χ1v) is 6.54. The van der Waals surface area contributed by atoms with Gasteiger partial charge in [0.15, 0.2) is 0 Å². The van der Waals surface area contributed by atoms with Crippen LogP contribution >= 0.6 is 11.8 Å². The molecule has 1 saturated heterocycles. The number of aliphatic hydroxyl groups is 1. The van der Waals surface area contributed by atoms with Gasteiger partial charge >= 0.3 is 0 Å². The second-order valence-electron chi connectivity index (χ2n) is 4.02. The van der Waals surface area contributed by atoms with Crippen molar-refractivity contribution in [3.05, 3.63) is 29.8 Å². The molecular formula is C12H17NOS. The molecule has 1 atom stereocenters. The molecule has 0 amide bonds. The zero-order chi connectivity index (χ0) is 10.7.